The highest BCUT2D eigenvalue weighted by molar-refractivity contribution is 4.72. The standard InChI is InChI=1S/C19H40O2/c1-7-9-11-12-14-19(13-10-8-2,20-15-17(3)4)21-16-18(5)6/h17-18H,7-16H2,1-6H3. The smallest absolute Gasteiger partial charge is 0.168 e. The molecule has 0 spiro atoms. The van der Waals surface area contributed by atoms with Gasteiger partial charge in [0, 0.05) is 12.8 Å². The van der Waals surface area contributed by atoms with Gasteiger partial charge < -0.3 is 9.47 Å². The summed E-state index contributed by atoms with van der Waals surface area (Å²) in [6.45, 7) is 15.0. The summed E-state index contributed by atoms with van der Waals surface area (Å²) in [5.41, 5.74) is 0. The molecule has 0 aliphatic heterocycles. The number of rotatable bonds is 14. The Morgan fingerprint density at radius 3 is 1.57 bits per heavy atom. The molecule has 0 aromatic heterocycles. The molecular weight excluding hydrogens is 260 g/mol. The fraction of sp³-hybridized carbons (Fsp3) is 1.00. The lowest BCUT2D eigenvalue weighted by Crippen LogP contribution is -2.38. The summed E-state index contributed by atoms with van der Waals surface area (Å²) < 4.78 is 12.6. The molecule has 0 bridgehead atoms. The molecule has 0 saturated heterocycles. The van der Waals surface area contributed by atoms with Crippen LogP contribution in [0.2, 0.25) is 0 Å². The van der Waals surface area contributed by atoms with Crippen molar-refractivity contribution >= 4 is 0 Å². The van der Waals surface area contributed by atoms with Crippen molar-refractivity contribution in [3.8, 4) is 0 Å². The molecule has 0 heterocycles. The molecule has 0 unspecified atom stereocenters. The Morgan fingerprint density at radius 1 is 0.667 bits per heavy atom. The van der Waals surface area contributed by atoms with E-state index in [2.05, 4.69) is 41.5 Å². The van der Waals surface area contributed by atoms with Gasteiger partial charge in [-0.1, -0.05) is 67.2 Å². The second kappa shape index (κ2) is 12.5. The Morgan fingerprint density at radius 2 is 1.14 bits per heavy atom. The molecule has 128 valence electrons. The molecule has 0 aliphatic carbocycles. The van der Waals surface area contributed by atoms with E-state index in [4.69, 9.17) is 9.47 Å². The highest BCUT2D eigenvalue weighted by Crippen LogP contribution is 2.29. The summed E-state index contributed by atoms with van der Waals surface area (Å²) in [6.07, 6.45) is 9.58. The lowest BCUT2D eigenvalue weighted by Gasteiger charge is -2.35. The van der Waals surface area contributed by atoms with Gasteiger partial charge in [0.15, 0.2) is 5.79 Å². The Labute approximate surface area is 134 Å². The maximum atomic E-state index is 6.30. The maximum Gasteiger partial charge on any atom is 0.168 e. The van der Waals surface area contributed by atoms with Crippen LogP contribution in [0.3, 0.4) is 0 Å². The summed E-state index contributed by atoms with van der Waals surface area (Å²) in [5, 5.41) is 0. The highest BCUT2D eigenvalue weighted by atomic mass is 16.7. The molecule has 0 aromatic rings. The molecule has 0 rings (SSSR count). The van der Waals surface area contributed by atoms with E-state index in [9.17, 15) is 0 Å². The van der Waals surface area contributed by atoms with Gasteiger partial charge in [-0.15, -0.1) is 0 Å². The van der Waals surface area contributed by atoms with E-state index in [1.165, 1.54) is 38.5 Å². The summed E-state index contributed by atoms with van der Waals surface area (Å²) in [5.74, 6) is 0.784. The summed E-state index contributed by atoms with van der Waals surface area (Å²) in [7, 11) is 0. The van der Waals surface area contributed by atoms with Gasteiger partial charge >= 0.3 is 0 Å². The van der Waals surface area contributed by atoms with Crippen molar-refractivity contribution in [1.82, 2.24) is 0 Å². The Hall–Kier alpha value is -0.0800. The summed E-state index contributed by atoms with van der Waals surface area (Å²) in [4.78, 5) is 0. The third kappa shape index (κ3) is 11.2. The van der Waals surface area contributed by atoms with Crippen molar-refractivity contribution in [2.45, 2.75) is 98.7 Å². The van der Waals surface area contributed by atoms with Crippen molar-refractivity contribution < 1.29 is 9.47 Å². The molecule has 2 heteroatoms. The van der Waals surface area contributed by atoms with E-state index in [1.54, 1.807) is 0 Å². The Balaban J connectivity index is 4.63. The molecule has 0 saturated carbocycles. The second-order valence-electron chi connectivity index (χ2n) is 7.23. The minimum atomic E-state index is -0.335. The molecule has 0 aromatic carbocycles. The zero-order chi connectivity index (χ0) is 16.1. The molecule has 0 N–H and O–H groups in total. The lowest BCUT2D eigenvalue weighted by molar-refractivity contribution is -0.254. The first kappa shape index (κ1) is 20.9. The van der Waals surface area contributed by atoms with Crippen molar-refractivity contribution in [2.75, 3.05) is 13.2 Å². The topological polar surface area (TPSA) is 18.5 Å². The van der Waals surface area contributed by atoms with E-state index >= 15 is 0 Å². The third-order valence-electron chi connectivity index (χ3n) is 3.68. The van der Waals surface area contributed by atoms with Gasteiger partial charge in [-0.2, -0.15) is 0 Å². The highest BCUT2D eigenvalue weighted by Gasteiger charge is 2.31. The predicted octanol–water partition coefficient (Wildman–Crippen LogP) is 6.19. The van der Waals surface area contributed by atoms with Crippen LogP contribution in [0.15, 0.2) is 0 Å². The van der Waals surface area contributed by atoms with E-state index in [0.29, 0.717) is 11.8 Å². The fourth-order valence-corrected chi connectivity index (χ4v) is 2.36. The van der Waals surface area contributed by atoms with Crippen LogP contribution in [-0.4, -0.2) is 19.0 Å². The van der Waals surface area contributed by atoms with Gasteiger partial charge in [-0.05, 0) is 24.7 Å². The molecule has 0 aliphatic rings. The minimum absolute atomic E-state index is 0.335. The van der Waals surface area contributed by atoms with Crippen LogP contribution >= 0.6 is 0 Å². The first-order valence-electron chi connectivity index (χ1n) is 9.23. The average Bonchev–Trinajstić information content (AvgIpc) is 2.44. The van der Waals surface area contributed by atoms with Crippen molar-refractivity contribution in [3.63, 3.8) is 0 Å². The first-order chi connectivity index (χ1) is 9.95. The summed E-state index contributed by atoms with van der Waals surface area (Å²) >= 11 is 0. The first-order valence-corrected chi connectivity index (χ1v) is 9.23. The normalized spacial score (nSPS) is 12.6. The molecule has 21 heavy (non-hydrogen) atoms. The molecule has 0 fully saturated rings. The van der Waals surface area contributed by atoms with Crippen LogP contribution in [-0.2, 0) is 9.47 Å². The van der Waals surface area contributed by atoms with Gasteiger partial charge in [0.1, 0.15) is 0 Å². The van der Waals surface area contributed by atoms with E-state index in [0.717, 1.165) is 26.1 Å². The zero-order valence-corrected chi connectivity index (χ0v) is 15.5. The largest absolute Gasteiger partial charge is 0.350 e. The minimum Gasteiger partial charge on any atom is -0.350 e. The van der Waals surface area contributed by atoms with E-state index in [-0.39, 0.29) is 5.79 Å². The molecule has 2 nitrogen and oxygen atoms in total. The van der Waals surface area contributed by atoms with Crippen molar-refractivity contribution in [3.05, 3.63) is 0 Å². The molecule has 0 radical (unpaired) electrons. The third-order valence-corrected chi connectivity index (χ3v) is 3.68. The van der Waals surface area contributed by atoms with E-state index in [1.807, 2.05) is 0 Å². The average molecular weight is 301 g/mol. The van der Waals surface area contributed by atoms with Crippen LogP contribution in [0.4, 0.5) is 0 Å². The van der Waals surface area contributed by atoms with Crippen LogP contribution in [0.1, 0.15) is 92.9 Å². The number of unbranched alkanes of at least 4 members (excludes halogenated alkanes) is 4. The molecule has 0 amide bonds. The van der Waals surface area contributed by atoms with Crippen molar-refractivity contribution in [1.29, 1.82) is 0 Å². The van der Waals surface area contributed by atoms with Gasteiger partial charge in [0.25, 0.3) is 0 Å². The molecular formula is C19H40O2. The van der Waals surface area contributed by atoms with Gasteiger partial charge in [0.05, 0.1) is 13.2 Å². The SMILES string of the molecule is CCCCCCC(CCCC)(OCC(C)C)OCC(C)C. The lowest BCUT2D eigenvalue weighted by atomic mass is 10.00. The zero-order valence-electron chi connectivity index (χ0n) is 15.5. The number of ether oxygens (including phenoxy) is 2. The quantitative estimate of drug-likeness (QED) is 0.281. The van der Waals surface area contributed by atoms with Crippen molar-refractivity contribution in [2.24, 2.45) is 11.8 Å². The summed E-state index contributed by atoms with van der Waals surface area (Å²) in [6, 6.07) is 0. The second-order valence-corrected chi connectivity index (χ2v) is 7.23. The molecule has 0 atom stereocenters. The van der Waals surface area contributed by atoms with Crippen LogP contribution in [0.5, 0.6) is 0 Å². The van der Waals surface area contributed by atoms with Gasteiger partial charge in [0.2, 0.25) is 0 Å². The fourth-order valence-electron chi connectivity index (χ4n) is 2.36. The van der Waals surface area contributed by atoms with E-state index < -0.39 is 0 Å². The predicted molar refractivity (Wildman–Crippen MR) is 92.6 cm³/mol. The van der Waals surface area contributed by atoms with Crippen LogP contribution < -0.4 is 0 Å². The van der Waals surface area contributed by atoms with Crippen LogP contribution in [0, 0.1) is 11.8 Å². The monoisotopic (exact) mass is 300 g/mol. The van der Waals surface area contributed by atoms with Gasteiger partial charge in [-0.25, -0.2) is 0 Å². The Kier molecular flexibility index (Phi) is 12.4. The number of hydrogen-bond donors (Lipinski definition) is 0. The van der Waals surface area contributed by atoms with Crippen LogP contribution in [0.25, 0.3) is 0 Å². The van der Waals surface area contributed by atoms with Gasteiger partial charge in [-0.3, -0.25) is 0 Å². The number of hydrogen-bond acceptors (Lipinski definition) is 2. The Bertz CT molecular complexity index is 212. The maximum absolute atomic E-state index is 6.30.